The van der Waals surface area contributed by atoms with Gasteiger partial charge in [0.2, 0.25) is 0 Å². The van der Waals surface area contributed by atoms with E-state index in [9.17, 15) is 0 Å². The van der Waals surface area contributed by atoms with E-state index < -0.39 is 0 Å². The first-order chi connectivity index (χ1) is 31.7. The van der Waals surface area contributed by atoms with Crippen molar-refractivity contribution >= 4 is 65.0 Å². The summed E-state index contributed by atoms with van der Waals surface area (Å²) in [5, 5.41) is 11.9. The molecule has 4 heteroatoms. The van der Waals surface area contributed by atoms with Crippen LogP contribution in [-0.2, 0) is 10.8 Å². The zero-order chi connectivity index (χ0) is 43.3. The molecule has 4 nitrogen and oxygen atoms in total. The maximum atomic E-state index is 6.92. The summed E-state index contributed by atoms with van der Waals surface area (Å²) in [6, 6.07) is 63.8. The van der Waals surface area contributed by atoms with Crippen LogP contribution < -0.4 is 0 Å². The summed E-state index contributed by atoms with van der Waals surface area (Å²) in [7, 11) is 0. The Labute approximate surface area is 375 Å². The number of rotatable bonds is 3. The lowest BCUT2D eigenvalue weighted by Crippen LogP contribution is -2.15. The smallest absolute Gasteiger partial charge is 0.164 e. The minimum absolute atomic E-state index is 0.185. The molecule has 2 aliphatic rings. The third-order valence-electron chi connectivity index (χ3n) is 14.9. The Hall–Kier alpha value is -7.95. The highest BCUT2D eigenvalue weighted by Gasteiger charge is 2.39. The van der Waals surface area contributed by atoms with Gasteiger partial charge >= 0.3 is 0 Å². The molecule has 0 spiro atoms. The minimum Gasteiger partial charge on any atom is -0.455 e. The fourth-order valence-corrected chi connectivity index (χ4v) is 11.7. The molecular weight excluding hydrogens is 791 g/mol. The Bertz CT molecular complexity index is 4040. The maximum absolute atomic E-state index is 6.92. The average Bonchev–Trinajstić information content (AvgIpc) is 3.93. The second-order valence-corrected chi connectivity index (χ2v) is 19.1. The van der Waals surface area contributed by atoms with Gasteiger partial charge in [-0.2, -0.15) is 0 Å². The number of furan rings is 1. The Morgan fingerprint density at radius 1 is 0.354 bits per heavy atom. The maximum Gasteiger partial charge on any atom is 0.164 e. The number of fused-ring (bicyclic) bond motifs is 18. The van der Waals surface area contributed by atoms with Gasteiger partial charge in [-0.1, -0.05) is 179 Å². The molecule has 2 aliphatic carbocycles. The van der Waals surface area contributed by atoms with E-state index in [4.69, 9.17) is 19.4 Å². The van der Waals surface area contributed by atoms with Crippen molar-refractivity contribution in [3.63, 3.8) is 0 Å². The molecular formula is C61H41N3O. The van der Waals surface area contributed by atoms with E-state index >= 15 is 0 Å². The quantitative estimate of drug-likeness (QED) is 0.166. The Morgan fingerprint density at radius 2 is 0.877 bits per heavy atom. The molecule has 0 saturated heterocycles. The van der Waals surface area contributed by atoms with Crippen LogP contribution in [-0.4, -0.2) is 15.0 Å². The predicted molar refractivity (Wildman–Crippen MR) is 269 cm³/mol. The van der Waals surface area contributed by atoms with Crippen molar-refractivity contribution in [2.75, 3.05) is 0 Å². The second-order valence-electron chi connectivity index (χ2n) is 19.1. The zero-order valence-corrected chi connectivity index (χ0v) is 36.5. The number of hydrogen-bond donors (Lipinski definition) is 0. The molecule has 0 bridgehead atoms. The van der Waals surface area contributed by atoms with Crippen LogP contribution in [0.2, 0.25) is 0 Å². The fraction of sp³-hybridized carbons (Fsp3) is 0.0984. The van der Waals surface area contributed by atoms with Crippen molar-refractivity contribution in [1.82, 2.24) is 15.0 Å². The van der Waals surface area contributed by atoms with Crippen LogP contribution in [0.3, 0.4) is 0 Å². The van der Waals surface area contributed by atoms with Crippen molar-refractivity contribution in [2.24, 2.45) is 0 Å². The van der Waals surface area contributed by atoms with Crippen LogP contribution in [0.25, 0.3) is 121 Å². The summed E-state index contributed by atoms with van der Waals surface area (Å²) in [5.41, 5.74) is 14.1. The molecule has 2 heterocycles. The van der Waals surface area contributed by atoms with Crippen LogP contribution in [0.15, 0.2) is 180 Å². The predicted octanol–water partition coefficient (Wildman–Crippen LogP) is 16.0. The van der Waals surface area contributed by atoms with Gasteiger partial charge in [-0.15, -0.1) is 0 Å². The summed E-state index contributed by atoms with van der Waals surface area (Å²) >= 11 is 0. The highest BCUT2D eigenvalue weighted by atomic mass is 16.3. The van der Waals surface area contributed by atoms with Crippen LogP contribution in [0.5, 0.6) is 0 Å². The summed E-state index contributed by atoms with van der Waals surface area (Å²) in [6.45, 7) is 9.28. The first kappa shape index (κ1) is 36.5. The fourth-order valence-electron chi connectivity index (χ4n) is 11.7. The van der Waals surface area contributed by atoms with Gasteiger partial charge < -0.3 is 4.42 Å². The molecule has 0 N–H and O–H groups in total. The Morgan fingerprint density at radius 3 is 1.63 bits per heavy atom. The number of nitrogens with zero attached hydrogens (tertiary/aromatic N) is 3. The highest BCUT2D eigenvalue weighted by Crippen LogP contribution is 2.55. The molecule has 14 rings (SSSR count). The van der Waals surface area contributed by atoms with E-state index in [1.165, 1.54) is 82.0 Å². The molecule has 0 unspecified atom stereocenters. The molecule has 306 valence electrons. The van der Waals surface area contributed by atoms with Crippen LogP contribution in [0.1, 0.15) is 49.9 Å². The van der Waals surface area contributed by atoms with Crippen molar-refractivity contribution in [2.45, 2.75) is 38.5 Å². The van der Waals surface area contributed by atoms with Crippen molar-refractivity contribution in [3.05, 3.63) is 198 Å². The summed E-state index contributed by atoms with van der Waals surface area (Å²) in [5.74, 6) is 1.88. The highest BCUT2D eigenvalue weighted by molar-refractivity contribution is 6.31. The number of para-hydroxylation sites is 1. The number of benzene rings is 10. The molecule has 0 aliphatic heterocycles. The first-order valence-corrected chi connectivity index (χ1v) is 22.6. The van der Waals surface area contributed by atoms with Gasteiger partial charge in [-0.3, -0.25) is 0 Å². The van der Waals surface area contributed by atoms with Crippen LogP contribution >= 0.6 is 0 Å². The zero-order valence-electron chi connectivity index (χ0n) is 36.5. The van der Waals surface area contributed by atoms with Gasteiger partial charge in [0.25, 0.3) is 0 Å². The standard InChI is InChI=1S/C61H41N3O/c1-60(2)48-22-12-9-18-40(48)41-29-28-36(32-50(41)60)58-62-57(35-26-25-34-27-30-43-39-17-6-5-15-37(39)38-16-7-8-19-42(38)53(43)46(34)31-35)63-59(64-58)47-33-51-55(44-20-10-13-23-49(44)61(51,3)4)56-54(47)45-21-11-14-24-52(45)65-56/h5-33H,1-4H3. The van der Waals surface area contributed by atoms with E-state index in [1.54, 1.807) is 0 Å². The topological polar surface area (TPSA) is 51.8 Å². The molecule has 0 fully saturated rings. The Kier molecular flexibility index (Phi) is 7.21. The number of aromatic nitrogens is 3. The normalized spacial score (nSPS) is 14.4. The molecule has 0 amide bonds. The summed E-state index contributed by atoms with van der Waals surface area (Å²) in [4.78, 5) is 16.5. The second kappa shape index (κ2) is 12.8. The van der Waals surface area contributed by atoms with Gasteiger partial charge in [0.15, 0.2) is 17.5 Å². The molecule has 0 radical (unpaired) electrons. The molecule has 12 aromatic rings. The largest absolute Gasteiger partial charge is 0.455 e. The van der Waals surface area contributed by atoms with E-state index in [0.717, 1.165) is 44.2 Å². The molecule has 0 saturated carbocycles. The van der Waals surface area contributed by atoms with Crippen molar-refractivity contribution < 1.29 is 4.42 Å². The van der Waals surface area contributed by atoms with Crippen molar-refractivity contribution in [3.8, 4) is 56.4 Å². The van der Waals surface area contributed by atoms with Gasteiger partial charge in [0, 0.05) is 43.9 Å². The molecule has 65 heavy (non-hydrogen) atoms. The van der Waals surface area contributed by atoms with Crippen molar-refractivity contribution in [1.29, 1.82) is 0 Å². The van der Waals surface area contributed by atoms with E-state index in [2.05, 4.69) is 198 Å². The van der Waals surface area contributed by atoms with Gasteiger partial charge in [-0.05, 0) is 106 Å². The Balaban J connectivity index is 1.07. The average molecular weight is 832 g/mol. The van der Waals surface area contributed by atoms with Gasteiger partial charge in [0.1, 0.15) is 11.2 Å². The third kappa shape index (κ3) is 4.94. The van der Waals surface area contributed by atoms with Gasteiger partial charge in [0.05, 0.1) is 0 Å². The third-order valence-corrected chi connectivity index (χ3v) is 14.9. The SMILES string of the molecule is CC1(C)c2ccccc2-c2ccc(-c3nc(-c4ccc5ccc6c7ccccc7c7ccccc7c6c5c4)nc(-c4cc5c(c6oc7ccccc7c46)-c4ccccc4C5(C)C)n3)cc21. The minimum atomic E-state index is -0.278. The molecule has 2 aromatic heterocycles. The van der Waals surface area contributed by atoms with Crippen LogP contribution in [0, 0.1) is 0 Å². The van der Waals surface area contributed by atoms with Gasteiger partial charge in [-0.25, -0.2) is 15.0 Å². The molecule has 10 aromatic carbocycles. The molecule has 0 atom stereocenters. The lowest BCUT2D eigenvalue weighted by atomic mass is 9.81. The first-order valence-electron chi connectivity index (χ1n) is 22.6. The lowest BCUT2D eigenvalue weighted by Gasteiger charge is -2.22. The monoisotopic (exact) mass is 831 g/mol. The van der Waals surface area contributed by atoms with E-state index in [-0.39, 0.29) is 10.8 Å². The van der Waals surface area contributed by atoms with E-state index in [0.29, 0.717) is 17.5 Å². The summed E-state index contributed by atoms with van der Waals surface area (Å²) < 4.78 is 6.92. The van der Waals surface area contributed by atoms with Crippen LogP contribution in [0.4, 0.5) is 0 Å². The number of hydrogen-bond acceptors (Lipinski definition) is 4. The summed E-state index contributed by atoms with van der Waals surface area (Å²) in [6.07, 6.45) is 0. The lowest BCUT2D eigenvalue weighted by molar-refractivity contribution is 0.653. The van der Waals surface area contributed by atoms with E-state index in [1.807, 2.05) is 6.07 Å².